The van der Waals surface area contributed by atoms with Gasteiger partial charge in [0.2, 0.25) is 5.91 Å². The summed E-state index contributed by atoms with van der Waals surface area (Å²) >= 11 is 0. The molecule has 1 amide bonds. The predicted molar refractivity (Wildman–Crippen MR) is 98.4 cm³/mol. The molecular formula is C20H18N2O5. The van der Waals surface area contributed by atoms with E-state index in [1.807, 2.05) is 6.07 Å². The van der Waals surface area contributed by atoms with Gasteiger partial charge in [0.25, 0.3) is 0 Å². The second kappa shape index (κ2) is 8.27. The highest BCUT2D eigenvalue weighted by Crippen LogP contribution is 2.21. The number of anilines is 1. The van der Waals surface area contributed by atoms with E-state index in [4.69, 9.17) is 4.74 Å². The Hall–Kier alpha value is -3.48. The van der Waals surface area contributed by atoms with E-state index >= 15 is 0 Å². The summed E-state index contributed by atoms with van der Waals surface area (Å²) in [6, 6.07) is 15.5. The Labute approximate surface area is 156 Å². The van der Waals surface area contributed by atoms with Gasteiger partial charge < -0.3 is 9.47 Å². The zero-order valence-corrected chi connectivity index (χ0v) is 14.8. The van der Waals surface area contributed by atoms with Gasteiger partial charge in [0.15, 0.2) is 0 Å². The summed E-state index contributed by atoms with van der Waals surface area (Å²) in [5.41, 5.74) is 1.52. The molecule has 3 rings (SSSR count). The van der Waals surface area contributed by atoms with Crippen LogP contribution in [0.15, 0.2) is 59.7 Å². The van der Waals surface area contributed by atoms with Crippen LogP contribution in [0.4, 0.5) is 5.69 Å². The van der Waals surface area contributed by atoms with Crippen LogP contribution in [0.5, 0.6) is 5.75 Å². The summed E-state index contributed by atoms with van der Waals surface area (Å²) in [7, 11) is 1.33. The molecule has 0 N–H and O–H groups in total. The summed E-state index contributed by atoms with van der Waals surface area (Å²) in [6.07, 6.45) is 0.550. The summed E-state index contributed by atoms with van der Waals surface area (Å²) in [6.45, 7) is 0. The molecule has 0 fully saturated rings. The fourth-order valence-electron chi connectivity index (χ4n) is 2.55. The topological polar surface area (TPSA) is 85.3 Å². The number of ether oxygens (including phenoxy) is 2. The molecular weight excluding hydrogens is 348 g/mol. The number of para-hydroxylation sites is 1. The minimum Gasteiger partial charge on any atom is -0.469 e. The number of hydrazone groups is 1. The van der Waals surface area contributed by atoms with E-state index in [0.717, 1.165) is 5.56 Å². The van der Waals surface area contributed by atoms with Crippen molar-refractivity contribution < 1.29 is 23.9 Å². The Morgan fingerprint density at radius 1 is 1.04 bits per heavy atom. The SMILES string of the molecule is COC(=O)Cc1ccc(OC(=O)C2=NN(c3ccccc3)C(=O)CC2)cc1. The van der Waals surface area contributed by atoms with Crippen LogP contribution in [0.2, 0.25) is 0 Å². The maximum absolute atomic E-state index is 12.4. The van der Waals surface area contributed by atoms with Crippen LogP contribution in [0.25, 0.3) is 0 Å². The Kier molecular flexibility index (Phi) is 5.61. The summed E-state index contributed by atoms with van der Waals surface area (Å²) in [5.74, 6) is -0.796. The lowest BCUT2D eigenvalue weighted by atomic mass is 10.1. The van der Waals surface area contributed by atoms with Gasteiger partial charge >= 0.3 is 11.9 Å². The standard InChI is InChI=1S/C20H18N2O5/c1-26-19(24)13-14-7-9-16(10-8-14)27-20(25)17-11-12-18(23)22(21-17)15-5-3-2-4-6-15/h2-10H,11-13H2,1H3. The number of methoxy groups -OCH3 is 1. The number of esters is 2. The van der Waals surface area contributed by atoms with Crippen LogP contribution < -0.4 is 9.75 Å². The molecule has 0 spiro atoms. The van der Waals surface area contributed by atoms with Gasteiger partial charge in [0.1, 0.15) is 11.5 Å². The minimum absolute atomic E-state index is 0.144. The molecule has 1 aliphatic heterocycles. The molecule has 0 atom stereocenters. The first-order valence-corrected chi connectivity index (χ1v) is 8.40. The summed E-state index contributed by atoms with van der Waals surface area (Å²) in [4.78, 5) is 35.8. The van der Waals surface area contributed by atoms with Crippen LogP contribution in [0.3, 0.4) is 0 Å². The monoisotopic (exact) mass is 366 g/mol. The van der Waals surface area contributed by atoms with Crippen LogP contribution in [-0.2, 0) is 25.5 Å². The van der Waals surface area contributed by atoms with Crippen molar-refractivity contribution in [3.63, 3.8) is 0 Å². The Morgan fingerprint density at radius 2 is 1.74 bits per heavy atom. The molecule has 0 radical (unpaired) electrons. The highest BCUT2D eigenvalue weighted by molar-refractivity contribution is 6.38. The first-order valence-electron chi connectivity index (χ1n) is 8.40. The van der Waals surface area contributed by atoms with Crippen molar-refractivity contribution >= 4 is 29.2 Å². The molecule has 0 saturated heterocycles. The van der Waals surface area contributed by atoms with E-state index in [1.54, 1.807) is 48.5 Å². The lowest BCUT2D eigenvalue weighted by Crippen LogP contribution is -2.35. The lowest BCUT2D eigenvalue weighted by Gasteiger charge is -2.22. The van der Waals surface area contributed by atoms with Gasteiger partial charge in [-0.3, -0.25) is 9.59 Å². The van der Waals surface area contributed by atoms with E-state index < -0.39 is 5.97 Å². The normalized spacial score (nSPS) is 13.7. The van der Waals surface area contributed by atoms with Gasteiger partial charge in [-0.2, -0.15) is 5.10 Å². The van der Waals surface area contributed by atoms with Crippen molar-refractivity contribution in [3.8, 4) is 5.75 Å². The van der Waals surface area contributed by atoms with Crippen molar-refractivity contribution in [2.75, 3.05) is 12.1 Å². The molecule has 7 heteroatoms. The maximum atomic E-state index is 12.4. The molecule has 0 saturated carbocycles. The Morgan fingerprint density at radius 3 is 2.41 bits per heavy atom. The van der Waals surface area contributed by atoms with E-state index in [-0.39, 0.29) is 36.9 Å². The van der Waals surface area contributed by atoms with E-state index in [9.17, 15) is 14.4 Å². The molecule has 138 valence electrons. The number of carbonyl (C=O) groups is 3. The second-order valence-corrected chi connectivity index (χ2v) is 5.87. The van der Waals surface area contributed by atoms with Crippen molar-refractivity contribution in [1.29, 1.82) is 0 Å². The number of nitrogens with zero attached hydrogens (tertiary/aromatic N) is 2. The maximum Gasteiger partial charge on any atom is 0.359 e. The largest absolute Gasteiger partial charge is 0.469 e. The summed E-state index contributed by atoms with van der Waals surface area (Å²) < 4.78 is 9.95. The van der Waals surface area contributed by atoms with E-state index in [0.29, 0.717) is 11.4 Å². The zero-order chi connectivity index (χ0) is 19.2. The zero-order valence-electron chi connectivity index (χ0n) is 14.8. The van der Waals surface area contributed by atoms with E-state index in [2.05, 4.69) is 9.84 Å². The van der Waals surface area contributed by atoms with Crippen LogP contribution in [-0.4, -0.2) is 30.7 Å². The van der Waals surface area contributed by atoms with Crippen LogP contribution >= 0.6 is 0 Å². The fourth-order valence-corrected chi connectivity index (χ4v) is 2.55. The van der Waals surface area contributed by atoms with Crippen molar-refractivity contribution in [1.82, 2.24) is 0 Å². The molecule has 2 aromatic rings. The van der Waals surface area contributed by atoms with Gasteiger partial charge in [-0.15, -0.1) is 0 Å². The number of benzene rings is 2. The van der Waals surface area contributed by atoms with Crippen molar-refractivity contribution in [3.05, 3.63) is 60.2 Å². The number of carbonyl (C=O) groups excluding carboxylic acids is 3. The smallest absolute Gasteiger partial charge is 0.359 e. The number of amides is 1. The number of hydrogen-bond acceptors (Lipinski definition) is 6. The highest BCUT2D eigenvalue weighted by Gasteiger charge is 2.26. The first kappa shape index (κ1) is 18.3. The average molecular weight is 366 g/mol. The third kappa shape index (κ3) is 4.58. The van der Waals surface area contributed by atoms with Crippen LogP contribution in [0, 0.1) is 0 Å². The third-order valence-corrected chi connectivity index (χ3v) is 3.98. The Balaban J connectivity index is 1.70. The van der Waals surface area contributed by atoms with Crippen LogP contribution in [0.1, 0.15) is 18.4 Å². The van der Waals surface area contributed by atoms with Gasteiger partial charge in [0.05, 0.1) is 19.2 Å². The van der Waals surface area contributed by atoms with Crippen molar-refractivity contribution in [2.24, 2.45) is 5.10 Å². The van der Waals surface area contributed by atoms with Crippen molar-refractivity contribution in [2.45, 2.75) is 19.3 Å². The molecule has 0 aromatic heterocycles. The lowest BCUT2D eigenvalue weighted by molar-refractivity contribution is -0.139. The van der Waals surface area contributed by atoms with Gasteiger partial charge in [-0.1, -0.05) is 30.3 Å². The predicted octanol–water partition coefficient (Wildman–Crippen LogP) is 2.49. The quantitative estimate of drug-likeness (QED) is 0.599. The van der Waals surface area contributed by atoms with E-state index in [1.165, 1.54) is 12.1 Å². The molecule has 1 aliphatic rings. The third-order valence-electron chi connectivity index (χ3n) is 3.98. The van der Waals surface area contributed by atoms with Gasteiger partial charge in [0, 0.05) is 12.8 Å². The molecule has 27 heavy (non-hydrogen) atoms. The fraction of sp³-hybridized carbons (Fsp3) is 0.200. The number of hydrogen-bond donors (Lipinski definition) is 0. The number of rotatable bonds is 5. The second-order valence-electron chi connectivity index (χ2n) is 5.87. The summed E-state index contributed by atoms with van der Waals surface area (Å²) in [5, 5.41) is 5.38. The minimum atomic E-state index is -0.607. The molecule has 0 bridgehead atoms. The molecule has 0 aliphatic carbocycles. The molecule has 1 heterocycles. The van der Waals surface area contributed by atoms with Gasteiger partial charge in [-0.05, 0) is 29.8 Å². The molecule has 2 aromatic carbocycles. The van der Waals surface area contributed by atoms with Gasteiger partial charge in [-0.25, -0.2) is 9.80 Å². The first-order chi connectivity index (χ1) is 13.1. The highest BCUT2D eigenvalue weighted by atomic mass is 16.5. The Bertz CT molecular complexity index is 875. The molecule has 7 nitrogen and oxygen atoms in total. The average Bonchev–Trinajstić information content (AvgIpc) is 2.70. The molecule has 0 unspecified atom stereocenters.